The minimum Gasteiger partial charge on any atom is -0.496 e. The molecule has 0 saturated carbocycles. The number of fused-ring (bicyclic) bond motifs is 1. The van der Waals surface area contributed by atoms with Gasteiger partial charge in [0.05, 0.1) is 19.3 Å². The lowest BCUT2D eigenvalue weighted by Crippen LogP contribution is -2.30. The van der Waals surface area contributed by atoms with Crippen molar-refractivity contribution >= 4 is 39.6 Å². The molecule has 0 spiro atoms. The normalized spacial score (nSPS) is 15.2. The lowest BCUT2D eigenvalue weighted by Gasteiger charge is -2.29. The van der Waals surface area contributed by atoms with Crippen molar-refractivity contribution in [1.29, 1.82) is 0 Å². The first kappa shape index (κ1) is 22.3. The molecule has 3 heterocycles. The number of carbonyl (C=O) groups is 1. The lowest BCUT2D eigenvalue weighted by molar-refractivity contribution is -0.139. The molecular formula is C22H22BrN5O3S. The van der Waals surface area contributed by atoms with E-state index in [2.05, 4.69) is 31.2 Å². The molecule has 1 aliphatic rings. The average molecular weight is 516 g/mol. The topological polar surface area (TPSA) is 91.2 Å². The van der Waals surface area contributed by atoms with Crippen LogP contribution in [0.2, 0.25) is 0 Å². The molecule has 2 aromatic heterocycles. The number of thioether (sulfide) groups is 1. The third-order valence-electron chi connectivity index (χ3n) is 4.93. The highest BCUT2D eigenvalue weighted by Crippen LogP contribution is 2.43. The van der Waals surface area contributed by atoms with Crippen LogP contribution >= 0.6 is 27.7 Å². The predicted octanol–water partition coefficient (Wildman–Crippen LogP) is 4.59. The van der Waals surface area contributed by atoms with Crippen LogP contribution in [-0.4, -0.2) is 39.4 Å². The zero-order chi connectivity index (χ0) is 22.7. The van der Waals surface area contributed by atoms with Gasteiger partial charge in [-0.3, -0.25) is 4.98 Å². The van der Waals surface area contributed by atoms with E-state index in [-0.39, 0.29) is 6.61 Å². The second-order valence-corrected chi connectivity index (χ2v) is 8.75. The number of esters is 1. The highest BCUT2D eigenvalue weighted by atomic mass is 79.9. The van der Waals surface area contributed by atoms with Crippen LogP contribution in [0.1, 0.15) is 31.0 Å². The zero-order valence-electron chi connectivity index (χ0n) is 17.8. The van der Waals surface area contributed by atoms with E-state index in [9.17, 15) is 4.79 Å². The van der Waals surface area contributed by atoms with Gasteiger partial charge < -0.3 is 14.8 Å². The number of anilines is 1. The number of nitrogens with zero attached hydrogens (tertiary/aromatic N) is 4. The molecule has 1 atom stereocenters. The average Bonchev–Trinajstić information content (AvgIpc) is 3.20. The van der Waals surface area contributed by atoms with Gasteiger partial charge in [-0.2, -0.15) is 4.98 Å². The molecule has 0 unspecified atom stereocenters. The van der Waals surface area contributed by atoms with Crippen molar-refractivity contribution in [3.05, 3.63) is 69.6 Å². The first-order valence-corrected chi connectivity index (χ1v) is 11.8. The molecular weight excluding hydrogens is 494 g/mol. The minimum absolute atomic E-state index is 0.270. The Bertz CT molecular complexity index is 1170. The summed E-state index contributed by atoms with van der Waals surface area (Å²) in [7, 11) is 1.60. The number of ether oxygens (including phenoxy) is 2. The number of pyridine rings is 1. The van der Waals surface area contributed by atoms with Crippen LogP contribution in [0.5, 0.6) is 5.75 Å². The molecule has 166 valence electrons. The first-order valence-electron chi connectivity index (χ1n) is 9.99. The minimum atomic E-state index is -0.573. The third-order valence-corrected chi connectivity index (χ3v) is 6.53. The molecule has 3 aromatic rings. The molecule has 0 bridgehead atoms. The van der Waals surface area contributed by atoms with Crippen molar-refractivity contribution in [2.45, 2.75) is 30.8 Å². The smallest absolute Gasteiger partial charge is 0.338 e. The lowest BCUT2D eigenvalue weighted by atomic mass is 9.95. The molecule has 1 N–H and O–H groups in total. The Hall–Kier alpha value is -2.85. The van der Waals surface area contributed by atoms with Gasteiger partial charge in [-0.15, -0.1) is 5.10 Å². The van der Waals surface area contributed by atoms with Gasteiger partial charge >= 0.3 is 5.97 Å². The fourth-order valence-electron chi connectivity index (χ4n) is 3.52. The number of hydrogen-bond acceptors (Lipinski definition) is 8. The Balaban J connectivity index is 1.78. The first-order chi connectivity index (χ1) is 15.5. The summed E-state index contributed by atoms with van der Waals surface area (Å²) in [5, 5.41) is 8.53. The van der Waals surface area contributed by atoms with Gasteiger partial charge in [0.15, 0.2) is 0 Å². The van der Waals surface area contributed by atoms with Crippen LogP contribution in [0.4, 0.5) is 5.95 Å². The molecule has 4 rings (SSSR count). The van der Waals surface area contributed by atoms with E-state index < -0.39 is 12.0 Å². The summed E-state index contributed by atoms with van der Waals surface area (Å²) in [6.07, 6.45) is 3.56. The zero-order valence-corrected chi connectivity index (χ0v) is 20.2. The van der Waals surface area contributed by atoms with Gasteiger partial charge in [0.1, 0.15) is 11.8 Å². The van der Waals surface area contributed by atoms with E-state index in [1.54, 1.807) is 24.9 Å². The summed E-state index contributed by atoms with van der Waals surface area (Å²) in [5.74, 6) is 1.45. The number of aromatic nitrogens is 4. The molecule has 0 aliphatic carbocycles. The van der Waals surface area contributed by atoms with Crippen LogP contribution in [0.15, 0.2) is 63.6 Å². The molecule has 0 radical (unpaired) electrons. The Morgan fingerprint density at radius 2 is 2.16 bits per heavy atom. The third kappa shape index (κ3) is 4.37. The quantitative estimate of drug-likeness (QED) is 0.360. The number of rotatable bonds is 7. The largest absolute Gasteiger partial charge is 0.496 e. The van der Waals surface area contributed by atoms with Crippen LogP contribution < -0.4 is 10.1 Å². The Kier molecular flexibility index (Phi) is 6.80. The second-order valence-electron chi connectivity index (χ2n) is 6.95. The summed E-state index contributed by atoms with van der Waals surface area (Å²) < 4.78 is 13.5. The Morgan fingerprint density at radius 1 is 1.31 bits per heavy atom. The van der Waals surface area contributed by atoms with Crippen molar-refractivity contribution in [3.8, 4) is 5.75 Å². The van der Waals surface area contributed by atoms with E-state index in [1.165, 1.54) is 11.8 Å². The SMILES string of the molecule is CCOC(=O)C1=C(C)Nc2nc(SCc3cccnc3)nn2[C@H]1c1c(Br)cccc1OC. The van der Waals surface area contributed by atoms with Gasteiger partial charge in [0.2, 0.25) is 11.1 Å². The van der Waals surface area contributed by atoms with Gasteiger partial charge in [-0.05, 0) is 37.6 Å². The molecule has 10 heteroatoms. The van der Waals surface area contributed by atoms with Crippen LogP contribution in [0, 0.1) is 0 Å². The van der Waals surface area contributed by atoms with Crippen LogP contribution in [0.3, 0.4) is 0 Å². The van der Waals surface area contributed by atoms with Crippen molar-refractivity contribution in [1.82, 2.24) is 19.7 Å². The van der Waals surface area contributed by atoms with Crippen molar-refractivity contribution in [2.24, 2.45) is 0 Å². The number of carbonyl (C=O) groups excluding carboxylic acids is 1. The molecule has 1 aliphatic heterocycles. The number of halogens is 1. The van der Waals surface area contributed by atoms with Crippen molar-refractivity contribution in [3.63, 3.8) is 0 Å². The predicted molar refractivity (Wildman–Crippen MR) is 126 cm³/mol. The van der Waals surface area contributed by atoms with E-state index in [1.807, 2.05) is 43.5 Å². The standard InChI is InChI=1S/C22H22BrN5O3S/c1-4-31-20(29)17-13(2)25-21-26-22(32-12-14-7-6-10-24-11-14)27-28(21)19(17)18-15(23)8-5-9-16(18)30-3/h5-11,19H,4,12H2,1-3H3,(H,25,26,27)/t19-/m1/s1. The van der Waals surface area contributed by atoms with Gasteiger partial charge in [-0.25, -0.2) is 9.48 Å². The van der Waals surface area contributed by atoms with Gasteiger partial charge in [0.25, 0.3) is 0 Å². The van der Waals surface area contributed by atoms with E-state index >= 15 is 0 Å². The molecule has 0 amide bonds. The number of nitrogens with one attached hydrogen (secondary N) is 1. The maximum Gasteiger partial charge on any atom is 0.338 e. The van der Waals surface area contributed by atoms with E-state index in [4.69, 9.17) is 14.6 Å². The fraction of sp³-hybridized carbons (Fsp3) is 0.273. The summed E-state index contributed by atoms with van der Waals surface area (Å²) in [6.45, 7) is 3.89. The van der Waals surface area contributed by atoms with Gasteiger partial charge in [-0.1, -0.05) is 39.8 Å². The maximum atomic E-state index is 13.0. The highest BCUT2D eigenvalue weighted by molar-refractivity contribution is 9.10. The second kappa shape index (κ2) is 9.74. The number of methoxy groups -OCH3 is 1. The molecule has 0 saturated heterocycles. The Labute approximate surface area is 198 Å². The molecule has 32 heavy (non-hydrogen) atoms. The molecule has 8 nitrogen and oxygen atoms in total. The molecule has 1 aromatic carbocycles. The summed E-state index contributed by atoms with van der Waals surface area (Å²) in [4.78, 5) is 21.8. The van der Waals surface area contributed by atoms with Crippen LogP contribution in [-0.2, 0) is 15.3 Å². The van der Waals surface area contributed by atoms with Crippen molar-refractivity contribution in [2.75, 3.05) is 19.0 Å². The summed E-state index contributed by atoms with van der Waals surface area (Å²) >= 11 is 5.13. The number of benzene rings is 1. The Morgan fingerprint density at radius 3 is 2.88 bits per heavy atom. The summed E-state index contributed by atoms with van der Waals surface area (Å²) in [5.41, 5.74) is 2.96. The molecule has 0 fully saturated rings. The maximum absolute atomic E-state index is 13.0. The highest BCUT2D eigenvalue weighted by Gasteiger charge is 2.37. The number of allylic oxidation sites excluding steroid dienone is 1. The summed E-state index contributed by atoms with van der Waals surface area (Å²) in [6, 6.07) is 8.98. The fourth-order valence-corrected chi connectivity index (χ4v) is 4.85. The number of hydrogen-bond donors (Lipinski definition) is 1. The van der Waals surface area contributed by atoms with Crippen LogP contribution in [0.25, 0.3) is 0 Å². The van der Waals surface area contributed by atoms with E-state index in [0.717, 1.165) is 15.6 Å². The van der Waals surface area contributed by atoms with Crippen molar-refractivity contribution < 1.29 is 14.3 Å². The van der Waals surface area contributed by atoms with Gasteiger partial charge in [0, 0.05) is 33.9 Å². The van der Waals surface area contributed by atoms with E-state index in [0.29, 0.717) is 33.9 Å². The monoisotopic (exact) mass is 515 g/mol.